The van der Waals surface area contributed by atoms with Gasteiger partial charge in [-0.1, -0.05) is 118 Å². The number of para-hydroxylation sites is 1. The van der Waals surface area contributed by atoms with Gasteiger partial charge in [0.1, 0.15) is 11.5 Å². The number of rotatable bonds is 3. The maximum absolute atomic E-state index is 6.90. The van der Waals surface area contributed by atoms with Crippen molar-refractivity contribution in [3.63, 3.8) is 0 Å². The van der Waals surface area contributed by atoms with Crippen molar-refractivity contribution in [3.8, 4) is 33.9 Å². The number of ether oxygens (including phenoxy) is 1. The van der Waals surface area contributed by atoms with Crippen molar-refractivity contribution in [2.24, 2.45) is 0 Å². The molecule has 3 nitrogen and oxygen atoms in total. The summed E-state index contributed by atoms with van der Waals surface area (Å²) in [6.07, 6.45) is 0. The smallest absolute Gasteiger partial charge is 0.279 e. The van der Waals surface area contributed by atoms with Crippen LogP contribution < -0.4 is 26.2 Å². The summed E-state index contributed by atoms with van der Waals surface area (Å²) in [4.78, 5) is 7.81. The van der Waals surface area contributed by atoms with E-state index in [4.69, 9.17) is 9.72 Å². The summed E-state index contributed by atoms with van der Waals surface area (Å²) in [5.41, 5.74) is 12.3. The second-order valence-corrected chi connectivity index (χ2v) is 12.4. The molecule has 0 atom stereocenters. The number of aromatic nitrogens is 1. The highest BCUT2D eigenvalue weighted by Crippen LogP contribution is 2.43. The SMILES string of the molecule is CC(C)(C)c1cc(-c2ccccc2)nc2c1Oc1cccc3c1B2c1cc(-c2ccccc2)ccc1N3c1ccccc1. The molecule has 5 aromatic carbocycles. The minimum absolute atomic E-state index is 0.0849. The van der Waals surface area contributed by atoms with Crippen molar-refractivity contribution in [2.75, 3.05) is 4.90 Å². The van der Waals surface area contributed by atoms with Gasteiger partial charge in [-0.05, 0) is 63.9 Å². The van der Waals surface area contributed by atoms with Gasteiger partial charge in [-0.15, -0.1) is 0 Å². The molecule has 0 amide bonds. The maximum Gasteiger partial charge on any atom is 0.279 e. The summed E-state index contributed by atoms with van der Waals surface area (Å²) in [6.45, 7) is 6.68. The third-order valence-corrected chi connectivity index (χ3v) is 8.64. The molecule has 206 valence electrons. The highest BCUT2D eigenvalue weighted by Gasteiger charge is 2.44. The zero-order valence-corrected chi connectivity index (χ0v) is 24.6. The van der Waals surface area contributed by atoms with Crippen LogP contribution in [0, 0.1) is 0 Å². The van der Waals surface area contributed by atoms with E-state index in [0.717, 1.165) is 50.9 Å². The molecule has 0 unspecified atom stereocenters. The molecular formula is C39H31BN2O. The van der Waals surface area contributed by atoms with E-state index in [-0.39, 0.29) is 12.1 Å². The lowest BCUT2D eigenvalue weighted by Gasteiger charge is -2.40. The minimum atomic E-state index is -0.148. The highest BCUT2D eigenvalue weighted by molar-refractivity contribution is 6.99. The number of hydrogen-bond acceptors (Lipinski definition) is 3. The average molecular weight is 555 g/mol. The van der Waals surface area contributed by atoms with E-state index >= 15 is 0 Å². The monoisotopic (exact) mass is 554 g/mol. The van der Waals surface area contributed by atoms with Gasteiger partial charge in [0, 0.05) is 28.2 Å². The van der Waals surface area contributed by atoms with E-state index in [1.807, 2.05) is 0 Å². The molecule has 3 heterocycles. The molecule has 43 heavy (non-hydrogen) atoms. The quantitative estimate of drug-likeness (QED) is 0.206. The standard InChI is InChI=1S/C39H31BN2O/c1-39(2,3)30-25-32(27-16-9-5-10-17-27)41-38-37(30)43-35-21-13-20-34-36(35)40(38)31-24-28(26-14-7-4-8-15-26)22-23-33(31)42(34)29-18-11-6-12-19-29/h4-25H,1-3H3. The van der Waals surface area contributed by atoms with Crippen molar-refractivity contribution in [3.05, 3.63) is 139 Å². The van der Waals surface area contributed by atoms with Crippen LogP contribution in [-0.2, 0) is 5.41 Å². The fourth-order valence-electron chi connectivity index (χ4n) is 6.61. The zero-order chi connectivity index (χ0) is 29.1. The van der Waals surface area contributed by atoms with Gasteiger partial charge in [0.25, 0.3) is 6.71 Å². The van der Waals surface area contributed by atoms with Crippen LogP contribution in [0.15, 0.2) is 133 Å². The molecule has 0 N–H and O–H groups in total. The van der Waals surface area contributed by atoms with Gasteiger partial charge in [-0.2, -0.15) is 0 Å². The molecule has 8 rings (SSSR count). The lowest BCUT2D eigenvalue weighted by Crippen LogP contribution is -2.60. The number of hydrogen-bond donors (Lipinski definition) is 0. The predicted octanol–water partition coefficient (Wildman–Crippen LogP) is 8.12. The Labute approximate surface area is 253 Å². The third-order valence-electron chi connectivity index (χ3n) is 8.64. The number of benzene rings is 5. The topological polar surface area (TPSA) is 25.4 Å². The van der Waals surface area contributed by atoms with E-state index in [1.165, 1.54) is 22.2 Å². The Hall–Kier alpha value is -5.09. The Balaban J connectivity index is 1.45. The molecule has 0 spiro atoms. The first-order valence-electron chi connectivity index (χ1n) is 14.9. The molecule has 6 aromatic rings. The second kappa shape index (κ2) is 9.74. The predicted molar refractivity (Wildman–Crippen MR) is 180 cm³/mol. The van der Waals surface area contributed by atoms with Crippen LogP contribution in [0.5, 0.6) is 11.5 Å². The van der Waals surface area contributed by atoms with Crippen molar-refractivity contribution in [1.82, 2.24) is 4.98 Å². The van der Waals surface area contributed by atoms with Crippen LogP contribution in [0.25, 0.3) is 22.4 Å². The van der Waals surface area contributed by atoms with Crippen LogP contribution in [0.2, 0.25) is 0 Å². The van der Waals surface area contributed by atoms with E-state index in [2.05, 4.69) is 159 Å². The maximum atomic E-state index is 6.90. The normalized spacial score (nSPS) is 13.1. The highest BCUT2D eigenvalue weighted by atomic mass is 16.5. The van der Waals surface area contributed by atoms with E-state index in [9.17, 15) is 0 Å². The van der Waals surface area contributed by atoms with E-state index < -0.39 is 0 Å². The number of anilines is 3. The lowest BCUT2D eigenvalue weighted by atomic mass is 9.35. The first-order valence-corrected chi connectivity index (χ1v) is 14.9. The summed E-state index contributed by atoms with van der Waals surface area (Å²) in [5, 5.41) is 0. The fraction of sp³-hybridized carbons (Fsp3) is 0.103. The Kier molecular flexibility index (Phi) is 5.80. The fourth-order valence-corrected chi connectivity index (χ4v) is 6.61. The molecule has 2 aliphatic heterocycles. The number of fused-ring (bicyclic) bond motifs is 4. The Morgan fingerprint density at radius 1 is 0.628 bits per heavy atom. The van der Waals surface area contributed by atoms with E-state index in [1.54, 1.807) is 0 Å². The number of nitrogens with zero attached hydrogens (tertiary/aromatic N) is 2. The summed E-state index contributed by atoms with van der Waals surface area (Å²) in [6, 6.07) is 47.3. The Morgan fingerprint density at radius 2 is 1.30 bits per heavy atom. The Bertz CT molecular complexity index is 1980. The first kappa shape index (κ1) is 25.6. The van der Waals surface area contributed by atoms with Crippen LogP contribution in [0.3, 0.4) is 0 Å². The summed E-state index contributed by atoms with van der Waals surface area (Å²) < 4.78 is 6.90. The van der Waals surface area contributed by atoms with Crippen LogP contribution in [0.1, 0.15) is 26.3 Å². The Morgan fingerprint density at radius 3 is 2.00 bits per heavy atom. The van der Waals surface area contributed by atoms with Crippen molar-refractivity contribution < 1.29 is 4.74 Å². The lowest BCUT2D eigenvalue weighted by molar-refractivity contribution is 0.457. The van der Waals surface area contributed by atoms with Gasteiger partial charge in [-0.3, -0.25) is 4.98 Å². The van der Waals surface area contributed by atoms with Crippen molar-refractivity contribution >= 4 is 40.3 Å². The summed E-state index contributed by atoms with van der Waals surface area (Å²) in [7, 11) is 0. The van der Waals surface area contributed by atoms with Crippen LogP contribution in [0.4, 0.5) is 17.1 Å². The van der Waals surface area contributed by atoms with Gasteiger partial charge < -0.3 is 9.64 Å². The van der Waals surface area contributed by atoms with Crippen molar-refractivity contribution in [1.29, 1.82) is 0 Å². The molecule has 0 saturated carbocycles. The zero-order valence-electron chi connectivity index (χ0n) is 24.6. The van der Waals surface area contributed by atoms with Gasteiger partial charge in [0.2, 0.25) is 0 Å². The third kappa shape index (κ3) is 4.17. The largest absolute Gasteiger partial charge is 0.456 e. The molecule has 4 heteroatoms. The van der Waals surface area contributed by atoms with Gasteiger partial charge in [0.05, 0.1) is 11.3 Å². The molecular weight excluding hydrogens is 523 g/mol. The van der Waals surface area contributed by atoms with Gasteiger partial charge >= 0.3 is 0 Å². The molecule has 0 saturated heterocycles. The summed E-state index contributed by atoms with van der Waals surface area (Å²) in [5.74, 6) is 1.78. The average Bonchev–Trinajstić information content (AvgIpc) is 3.05. The van der Waals surface area contributed by atoms with Crippen molar-refractivity contribution in [2.45, 2.75) is 26.2 Å². The molecule has 2 aliphatic rings. The molecule has 0 fully saturated rings. The summed E-state index contributed by atoms with van der Waals surface area (Å²) >= 11 is 0. The van der Waals surface area contributed by atoms with Gasteiger partial charge in [0.15, 0.2) is 0 Å². The van der Waals surface area contributed by atoms with Gasteiger partial charge in [-0.25, -0.2) is 0 Å². The van der Waals surface area contributed by atoms with E-state index in [0.29, 0.717) is 0 Å². The number of pyridine rings is 1. The minimum Gasteiger partial charge on any atom is -0.456 e. The first-order chi connectivity index (χ1) is 21.0. The molecule has 0 radical (unpaired) electrons. The molecule has 0 aliphatic carbocycles. The molecule has 1 aromatic heterocycles. The molecule has 0 bridgehead atoms. The van der Waals surface area contributed by atoms with Crippen LogP contribution in [-0.4, -0.2) is 11.7 Å². The second-order valence-electron chi connectivity index (χ2n) is 12.4. The van der Waals surface area contributed by atoms with Crippen LogP contribution >= 0.6 is 0 Å².